The summed E-state index contributed by atoms with van der Waals surface area (Å²) in [6.07, 6.45) is 0. The second-order valence-electron chi connectivity index (χ2n) is 4.55. The first kappa shape index (κ1) is 15.9. The number of benzene rings is 2. The number of hydrogen-bond acceptors (Lipinski definition) is 2. The second-order valence-corrected chi connectivity index (χ2v) is 6.01. The largest absolute Gasteiger partial charge is 0.349 e. The van der Waals surface area contributed by atoms with Gasteiger partial charge in [-0.05, 0) is 42.8 Å². The number of halogens is 2. The van der Waals surface area contributed by atoms with Crippen LogP contribution in [0, 0.1) is 5.82 Å². The number of hydrogen-bond donors (Lipinski definition) is 1. The number of rotatable bonds is 5. The number of amides is 1. The SMILES string of the molecule is CC(NC(=O)CSc1ccc(F)cc1)c1ccccc1Cl. The molecule has 110 valence electrons. The summed E-state index contributed by atoms with van der Waals surface area (Å²) in [6.45, 7) is 1.89. The molecular formula is C16H15ClFNOS. The standard InChI is InChI=1S/C16H15ClFNOS/c1-11(14-4-2-3-5-15(14)17)19-16(20)10-21-13-8-6-12(18)7-9-13/h2-9,11H,10H2,1H3,(H,19,20). The van der Waals surface area contributed by atoms with Gasteiger partial charge in [-0.3, -0.25) is 4.79 Å². The molecule has 2 rings (SSSR count). The van der Waals surface area contributed by atoms with Gasteiger partial charge in [-0.25, -0.2) is 4.39 Å². The summed E-state index contributed by atoms with van der Waals surface area (Å²) in [5.74, 6) is -0.0895. The molecule has 5 heteroatoms. The third kappa shape index (κ3) is 4.76. The van der Waals surface area contributed by atoms with E-state index < -0.39 is 0 Å². The Kier molecular flexibility index (Phi) is 5.65. The number of thioether (sulfide) groups is 1. The van der Waals surface area contributed by atoms with Crippen molar-refractivity contribution in [2.45, 2.75) is 17.9 Å². The van der Waals surface area contributed by atoms with Gasteiger partial charge in [0, 0.05) is 9.92 Å². The highest BCUT2D eigenvalue weighted by atomic mass is 35.5. The molecular weight excluding hydrogens is 309 g/mol. The first-order chi connectivity index (χ1) is 10.1. The first-order valence-corrected chi connectivity index (χ1v) is 7.85. The summed E-state index contributed by atoms with van der Waals surface area (Å²) in [4.78, 5) is 12.8. The predicted octanol–water partition coefficient (Wildman–Crippen LogP) is 4.45. The van der Waals surface area contributed by atoms with Crippen LogP contribution in [0.2, 0.25) is 5.02 Å². The van der Waals surface area contributed by atoms with Gasteiger partial charge < -0.3 is 5.32 Å². The topological polar surface area (TPSA) is 29.1 Å². The van der Waals surface area contributed by atoms with Crippen LogP contribution in [0.25, 0.3) is 0 Å². The molecule has 0 spiro atoms. The van der Waals surface area contributed by atoms with E-state index in [0.29, 0.717) is 5.02 Å². The lowest BCUT2D eigenvalue weighted by atomic mass is 10.1. The van der Waals surface area contributed by atoms with Crippen molar-refractivity contribution in [3.63, 3.8) is 0 Å². The molecule has 1 atom stereocenters. The molecule has 0 bridgehead atoms. The molecule has 0 aliphatic rings. The smallest absolute Gasteiger partial charge is 0.230 e. The van der Waals surface area contributed by atoms with Crippen LogP contribution < -0.4 is 5.32 Å². The van der Waals surface area contributed by atoms with E-state index in [1.54, 1.807) is 18.2 Å². The van der Waals surface area contributed by atoms with Crippen molar-refractivity contribution in [2.75, 3.05) is 5.75 Å². The van der Waals surface area contributed by atoms with Gasteiger partial charge in [-0.15, -0.1) is 11.8 Å². The van der Waals surface area contributed by atoms with Crippen molar-refractivity contribution in [2.24, 2.45) is 0 Å². The molecule has 2 aromatic carbocycles. The van der Waals surface area contributed by atoms with E-state index in [2.05, 4.69) is 5.32 Å². The van der Waals surface area contributed by atoms with Gasteiger partial charge in [0.15, 0.2) is 0 Å². The minimum absolute atomic E-state index is 0.0863. The number of carbonyl (C=O) groups excluding carboxylic acids is 1. The van der Waals surface area contributed by atoms with Crippen molar-refractivity contribution >= 4 is 29.3 Å². The number of nitrogens with one attached hydrogen (secondary N) is 1. The molecule has 1 N–H and O–H groups in total. The zero-order valence-electron chi connectivity index (χ0n) is 11.5. The summed E-state index contributed by atoms with van der Waals surface area (Å²) in [7, 11) is 0. The van der Waals surface area contributed by atoms with Gasteiger partial charge in [0.1, 0.15) is 5.82 Å². The van der Waals surface area contributed by atoms with Crippen molar-refractivity contribution in [3.8, 4) is 0 Å². The predicted molar refractivity (Wildman–Crippen MR) is 85.1 cm³/mol. The minimum Gasteiger partial charge on any atom is -0.349 e. The molecule has 21 heavy (non-hydrogen) atoms. The maximum atomic E-state index is 12.8. The Hall–Kier alpha value is -1.52. The molecule has 0 heterocycles. The maximum absolute atomic E-state index is 12.8. The third-order valence-electron chi connectivity index (χ3n) is 2.93. The molecule has 2 nitrogen and oxygen atoms in total. The van der Waals surface area contributed by atoms with Crippen molar-refractivity contribution in [1.29, 1.82) is 0 Å². The van der Waals surface area contributed by atoms with Gasteiger partial charge in [-0.2, -0.15) is 0 Å². The fourth-order valence-electron chi connectivity index (χ4n) is 1.87. The Bertz CT molecular complexity index is 618. The zero-order valence-corrected chi connectivity index (χ0v) is 13.0. The highest BCUT2D eigenvalue weighted by Gasteiger charge is 2.12. The lowest BCUT2D eigenvalue weighted by Crippen LogP contribution is -2.28. The van der Waals surface area contributed by atoms with Gasteiger partial charge in [0.25, 0.3) is 0 Å². The van der Waals surface area contributed by atoms with E-state index in [1.165, 1.54) is 23.9 Å². The van der Waals surface area contributed by atoms with Crippen LogP contribution >= 0.6 is 23.4 Å². The van der Waals surface area contributed by atoms with Gasteiger partial charge in [-0.1, -0.05) is 29.8 Å². The third-order valence-corrected chi connectivity index (χ3v) is 4.29. The molecule has 1 amide bonds. The van der Waals surface area contributed by atoms with Crippen LogP contribution in [-0.2, 0) is 4.79 Å². The molecule has 1 unspecified atom stereocenters. The highest BCUT2D eigenvalue weighted by molar-refractivity contribution is 8.00. The van der Waals surface area contributed by atoms with Crippen molar-refractivity contribution in [3.05, 3.63) is 64.9 Å². The van der Waals surface area contributed by atoms with E-state index >= 15 is 0 Å². The Labute approximate surface area is 132 Å². The van der Waals surface area contributed by atoms with E-state index in [0.717, 1.165) is 10.5 Å². The fraction of sp³-hybridized carbons (Fsp3) is 0.188. The lowest BCUT2D eigenvalue weighted by molar-refractivity contribution is -0.119. The Morgan fingerprint density at radius 3 is 2.57 bits per heavy atom. The summed E-state index contributed by atoms with van der Waals surface area (Å²) >= 11 is 7.47. The molecule has 2 aromatic rings. The van der Waals surface area contributed by atoms with Crippen LogP contribution in [0.15, 0.2) is 53.4 Å². The van der Waals surface area contributed by atoms with Crippen LogP contribution in [0.1, 0.15) is 18.5 Å². The van der Waals surface area contributed by atoms with Gasteiger partial charge >= 0.3 is 0 Å². The summed E-state index contributed by atoms with van der Waals surface area (Å²) in [5.41, 5.74) is 0.888. The molecule has 0 aliphatic carbocycles. The molecule has 0 saturated carbocycles. The van der Waals surface area contributed by atoms with Crippen molar-refractivity contribution in [1.82, 2.24) is 5.32 Å². The molecule has 0 aliphatic heterocycles. The average molecular weight is 324 g/mol. The highest BCUT2D eigenvalue weighted by Crippen LogP contribution is 2.23. The minimum atomic E-state index is -0.281. The second kappa shape index (κ2) is 7.48. The molecule has 0 radical (unpaired) electrons. The van der Waals surface area contributed by atoms with Crippen LogP contribution in [-0.4, -0.2) is 11.7 Å². The van der Waals surface area contributed by atoms with E-state index in [1.807, 2.05) is 25.1 Å². The molecule has 0 fully saturated rings. The van der Waals surface area contributed by atoms with Crippen molar-refractivity contribution < 1.29 is 9.18 Å². The normalized spacial score (nSPS) is 12.0. The summed E-state index contributed by atoms with van der Waals surface area (Å²) < 4.78 is 12.8. The lowest BCUT2D eigenvalue weighted by Gasteiger charge is -2.15. The van der Waals surface area contributed by atoms with E-state index in [-0.39, 0.29) is 23.5 Å². The van der Waals surface area contributed by atoms with Crippen LogP contribution in [0.3, 0.4) is 0 Å². The molecule has 0 saturated heterocycles. The Morgan fingerprint density at radius 1 is 1.24 bits per heavy atom. The summed E-state index contributed by atoms with van der Waals surface area (Å²) in [6, 6.07) is 13.4. The van der Waals surface area contributed by atoms with Gasteiger partial charge in [0.2, 0.25) is 5.91 Å². The average Bonchev–Trinajstić information content (AvgIpc) is 2.47. The van der Waals surface area contributed by atoms with Gasteiger partial charge in [0.05, 0.1) is 11.8 Å². The van der Waals surface area contributed by atoms with E-state index in [4.69, 9.17) is 11.6 Å². The summed E-state index contributed by atoms with van der Waals surface area (Å²) in [5, 5.41) is 3.54. The maximum Gasteiger partial charge on any atom is 0.230 e. The Morgan fingerprint density at radius 2 is 1.90 bits per heavy atom. The zero-order chi connectivity index (χ0) is 15.2. The quantitative estimate of drug-likeness (QED) is 0.824. The van der Waals surface area contributed by atoms with E-state index in [9.17, 15) is 9.18 Å². The monoisotopic (exact) mass is 323 g/mol. The molecule has 0 aromatic heterocycles. The number of carbonyl (C=O) groups is 1. The van der Waals surface area contributed by atoms with Crippen LogP contribution in [0.4, 0.5) is 4.39 Å². The van der Waals surface area contributed by atoms with Crippen LogP contribution in [0.5, 0.6) is 0 Å². The Balaban J connectivity index is 1.87. The fourth-order valence-corrected chi connectivity index (χ4v) is 2.88. The first-order valence-electron chi connectivity index (χ1n) is 6.48.